The number of alkyl halides is 3. The molecular formula is C18H18F3N3O. The Morgan fingerprint density at radius 3 is 2.16 bits per heavy atom. The van der Waals surface area contributed by atoms with Crippen molar-refractivity contribution in [3.8, 4) is 0 Å². The number of pyridine rings is 1. The lowest BCUT2D eigenvalue weighted by molar-refractivity contribution is -0.189. The second-order valence-corrected chi connectivity index (χ2v) is 5.90. The van der Waals surface area contributed by atoms with Crippen molar-refractivity contribution in [2.45, 2.75) is 12.2 Å². The van der Waals surface area contributed by atoms with Gasteiger partial charge in [-0.1, -0.05) is 36.4 Å². The van der Waals surface area contributed by atoms with E-state index in [9.17, 15) is 18.0 Å². The number of aromatic nitrogens is 1. The van der Waals surface area contributed by atoms with Gasteiger partial charge in [0.05, 0.1) is 0 Å². The summed E-state index contributed by atoms with van der Waals surface area (Å²) >= 11 is 0. The first kappa shape index (κ1) is 17.4. The molecule has 0 N–H and O–H groups in total. The molecule has 25 heavy (non-hydrogen) atoms. The van der Waals surface area contributed by atoms with Gasteiger partial charge in [-0.2, -0.15) is 13.2 Å². The van der Waals surface area contributed by atoms with E-state index in [1.165, 1.54) is 23.2 Å². The second-order valence-electron chi connectivity index (χ2n) is 5.90. The highest BCUT2D eigenvalue weighted by Gasteiger charge is 2.45. The van der Waals surface area contributed by atoms with Crippen LogP contribution in [0.5, 0.6) is 0 Å². The van der Waals surface area contributed by atoms with E-state index in [4.69, 9.17) is 0 Å². The predicted octanol–water partition coefficient (Wildman–Crippen LogP) is 3.14. The van der Waals surface area contributed by atoms with Crippen molar-refractivity contribution >= 4 is 5.91 Å². The number of hydrogen-bond acceptors (Lipinski definition) is 3. The van der Waals surface area contributed by atoms with Gasteiger partial charge < -0.3 is 4.90 Å². The molecule has 4 nitrogen and oxygen atoms in total. The molecule has 1 aliphatic heterocycles. The van der Waals surface area contributed by atoms with E-state index in [0.29, 0.717) is 5.69 Å². The quantitative estimate of drug-likeness (QED) is 0.854. The Morgan fingerprint density at radius 2 is 1.60 bits per heavy atom. The minimum absolute atomic E-state index is 0.164. The van der Waals surface area contributed by atoms with Crippen molar-refractivity contribution < 1.29 is 18.0 Å². The van der Waals surface area contributed by atoms with E-state index < -0.39 is 12.2 Å². The SMILES string of the molecule is O=C(c1ccccn1)N1CCN(C(c2ccccc2)C(F)(F)F)CC1. The molecular weight excluding hydrogens is 331 g/mol. The zero-order chi connectivity index (χ0) is 17.9. The first-order valence-electron chi connectivity index (χ1n) is 8.03. The van der Waals surface area contributed by atoms with Crippen LogP contribution in [0.3, 0.4) is 0 Å². The number of hydrogen-bond donors (Lipinski definition) is 0. The molecule has 1 atom stereocenters. The highest BCUT2D eigenvalue weighted by molar-refractivity contribution is 5.92. The Morgan fingerprint density at radius 1 is 0.960 bits per heavy atom. The van der Waals surface area contributed by atoms with E-state index >= 15 is 0 Å². The van der Waals surface area contributed by atoms with Crippen LogP contribution in [0.2, 0.25) is 0 Å². The van der Waals surface area contributed by atoms with Crippen molar-refractivity contribution in [1.82, 2.24) is 14.8 Å². The molecule has 1 aliphatic rings. The number of nitrogens with zero attached hydrogens (tertiary/aromatic N) is 3. The molecule has 0 radical (unpaired) electrons. The molecule has 0 spiro atoms. The van der Waals surface area contributed by atoms with Gasteiger partial charge in [0, 0.05) is 32.4 Å². The van der Waals surface area contributed by atoms with Crippen LogP contribution in [0.1, 0.15) is 22.1 Å². The van der Waals surface area contributed by atoms with Crippen LogP contribution >= 0.6 is 0 Å². The van der Waals surface area contributed by atoms with E-state index in [1.807, 2.05) is 0 Å². The Bertz CT molecular complexity index is 699. The van der Waals surface area contributed by atoms with Crippen LogP contribution in [0, 0.1) is 0 Å². The molecule has 1 aromatic heterocycles. The Labute approximate surface area is 143 Å². The van der Waals surface area contributed by atoms with E-state index in [-0.39, 0.29) is 37.6 Å². The van der Waals surface area contributed by atoms with Gasteiger partial charge in [0.2, 0.25) is 0 Å². The number of carbonyl (C=O) groups is 1. The van der Waals surface area contributed by atoms with Crippen molar-refractivity contribution in [3.63, 3.8) is 0 Å². The second kappa shape index (κ2) is 7.23. The maximum Gasteiger partial charge on any atom is 0.408 e. The highest BCUT2D eigenvalue weighted by atomic mass is 19.4. The first-order chi connectivity index (χ1) is 12.0. The number of amides is 1. The summed E-state index contributed by atoms with van der Waals surface area (Å²) in [6.45, 7) is 0.818. The maximum absolute atomic E-state index is 13.6. The standard InChI is InChI=1S/C18H18F3N3O/c19-18(20,21)16(14-6-2-1-3-7-14)23-10-12-24(13-11-23)17(25)15-8-4-5-9-22-15/h1-9,16H,10-13H2. The Hall–Kier alpha value is -2.41. The minimum Gasteiger partial charge on any atom is -0.335 e. The van der Waals surface area contributed by atoms with E-state index in [0.717, 1.165) is 0 Å². The fourth-order valence-corrected chi connectivity index (χ4v) is 3.08. The summed E-state index contributed by atoms with van der Waals surface area (Å²) in [5, 5.41) is 0. The molecule has 1 aromatic carbocycles. The maximum atomic E-state index is 13.6. The fraction of sp³-hybridized carbons (Fsp3) is 0.333. The van der Waals surface area contributed by atoms with Gasteiger partial charge >= 0.3 is 6.18 Å². The van der Waals surface area contributed by atoms with Crippen molar-refractivity contribution in [2.75, 3.05) is 26.2 Å². The van der Waals surface area contributed by atoms with Crippen LogP contribution in [0.15, 0.2) is 54.7 Å². The smallest absolute Gasteiger partial charge is 0.335 e. The summed E-state index contributed by atoms with van der Waals surface area (Å²) in [6, 6.07) is 11.3. The number of benzene rings is 1. The lowest BCUT2D eigenvalue weighted by Gasteiger charge is -2.40. The molecule has 1 amide bonds. The molecule has 132 valence electrons. The summed E-state index contributed by atoms with van der Waals surface area (Å²) in [7, 11) is 0. The lowest BCUT2D eigenvalue weighted by Crippen LogP contribution is -2.52. The van der Waals surface area contributed by atoms with Crippen LogP contribution in [-0.2, 0) is 0 Å². The molecule has 0 bridgehead atoms. The summed E-state index contributed by atoms with van der Waals surface area (Å²) in [6.07, 6.45) is -2.84. The molecule has 3 rings (SSSR count). The normalized spacial score (nSPS) is 17.3. The van der Waals surface area contributed by atoms with Crippen molar-refractivity contribution in [3.05, 3.63) is 66.0 Å². The largest absolute Gasteiger partial charge is 0.408 e. The average molecular weight is 349 g/mol. The zero-order valence-corrected chi connectivity index (χ0v) is 13.5. The number of carbonyl (C=O) groups excluding carboxylic acids is 1. The summed E-state index contributed by atoms with van der Waals surface area (Å²) < 4.78 is 40.7. The van der Waals surface area contributed by atoms with Crippen LogP contribution in [0.25, 0.3) is 0 Å². The average Bonchev–Trinajstić information content (AvgIpc) is 2.62. The van der Waals surface area contributed by atoms with Crippen LogP contribution in [0.4, 0.5) is 13.2 Å². The topological polar surface area (TPSA) is 36.4 Å². The van der Waals surface area contributed by atoms with E-state index in [1.54, 1.807) is 41.3 Å². The van der Waals surface area contributed by atoms with Gasteiger partial charge in [-0.05, 0) is 17.7 Å². The molecule has 2 aromatic rings. The molecule has 7 heteroatoms. The van der Waals surface area contributed by atoms with Gasteiger partial charge in [-0.15, -0.1) is 0 Å². The summed E-state index contributed by atoms with van der Waals surface area (Å²) in [4.78, 5) is 19.3. The van der Waals surface area contributed by atoms with Gasteiger partial charge in [-0.25, -0.2) is 0 Å². The highest BCUT2D eigenvalue weighted by Crippen LogP contribution is 2.38. The van der Waals surface area contributed by atoms with Crippen molar-refractivity contribution in [1.29, 1.82) is 0 Å². The van der Waals surface area contributed by atoms with Gasteiger partial charge in [0.1, 0.15) is 11.7 Å². The monoisotopic (exact) mass is 349 g/mol. The summed E-state index contributed by atoms with van der Waals surface area (Å²) in [5.41, 5.74) is 0.533. The molecule has 1 unspecified atom stereocenters. The number of piperazine rings is 1. The van der Waals surface area contributed by atoms with Crippen LogP contribution in [-0.4, -0.2) is 53.0 Å². The molecule has 0 aliphatic carbocycles. The first-order valence-corrected chi connectivity index (χ1v) is 8.03. The fourth-order valence-electron chi connectivity index (χ4n) is 3.08. The Balaban J connectivity index is 1.71. The molecule has 2 heterocycles. The third kappa shape index (κ3) is 3.99. The number of halogens is 3. The third-order valence-electron chi connectivity index (χ3n) is 4.28. The lowest BCUT2D eigenvalue weighted by atomic mass is 10.0. The minimum atomic E-state index is -4.37. The van der Waals surface area contributed by atoms with E-state index in [2.05, 4.69) is 4.98 Å². The molecule has 1 saturated heterocycles. The third-order valence-corrected chi connectivity index (χ3v) is 4.28. The van der Waals surface area contributed by atoms with Crippen molar-refractivity contribution in [2.24, 2.45) is 0 Å². The predicted molar refractivity (Wildman–Crippen MR) is 87.0 cm³/mol. The molecule has 1 fully saturated rings. The van der Waals surface area contributed by atoms with Gasteiger partial charge in [-0.3, -0.25) is 14.7 Å². The van der Waals surface area contributed by atoms with Gasteiger partial charge in [0.15, 0.2) is 0 Å². The Kier molecular flexibility index (Phi) is 5.03. The van der Waals surface area contributed by atoms with Gasteiger partial charge in [0.25, 0.3) is 5.91 Å². The molecule has 0 saturated carbocycles. The number of rotatable bonds is 3. The zero-order valence-electron chi connectivity index (χ0n) is 13.5. The van der Waals surface area contributed by atoms with Crippen LogP contribution < -0.4 is 0 Å². The summed E-state index contributed by atoms with van der Waals surface area (Å²) in [5.74, 6) is -0.247.